The Morgan fingerprint density at radius 2 is 1.95 bits per heavy atom. The van der Waals surface area contributed by atoms with Crippen molar-refractivity contribution in [1.29, 1.82) is 0 Å². The molecule has 3 nitrogen and oxygen atoms in total. The molecule has 2 rings (SSSR count). The third-order valence-corrected chi connectivity index (χ3v) is 3.53. The Morgan fingerprint density at radius 3 is 2.64 bits per heavy atom. The number of rotatable bonds is 5. The molecule has 0 fully saturated rings. The molecule has 0 atom stereocenters. The Balaban J connectivity index is 1.89. The minimum absolute atomic E-state index is 0.192. The number of hydrogen-bond acceptors (Lipinski definition) is 2. The van der Waals surface area contributed by atoms with Crippen molar-refractivity contribution >= 4 is 28.9 Å². The first-order valence-electron chi connectivity index (χ1n) is 7.02. The van der Waals surface area contributed by atoms with E-state index in [4.69, 9.17) is 11.6 Å². The molecule has 0 heterocycles. The van der Waals surface area contributed by atoms with E-state index in [1.807, 2.05) is 26.0 Å². The van der Waals surface area contributed by atoms with Crippen LogP contribution in [0.25, 0.3) is 0 Å². The minimum Gasteiger partial charge on any atom is -0.383 e. The van der Waals surface area contributed by atoms with Crippen LogP contribution in [0.5, 0.6) is 0 Å². The van der Waals surface area contributed by atoms with E-state index < -0.39 is 5.82 Å². The molecule has 2 N–H and O–H groups in total. The molecule has 0 aromatic heterocycles. The van der Waals surface area contributed by atoms with Crippen LogP contribution in [0.3, 0.4) is 0 Å². The molecule has 1 amide bonds. The fourth-order valence-electron chi connectivity index (χ4n) is 2.22. The van der Waals surface area contributed by atoms with Crippen LogP contribution in [0.15, 0.2) is 36.4 Å². The molecule has 2 aromatic carbocycles. The number of carbonyl (C=O) groups is 1. The molecular weight excluding hydrogens is 303 g/mol. The van der Waals surface area contributed by atoms with Crippen LogP contribution in [0.2, 0.25) is 5.02 Å². The summed E-state index contributed by atoms with van der Waals surface area (Å²) in [6.07, 6.45) is 0.220. The fourth-order valence-corrected chi connectivity index (χ4v) is 2.60. The number of nitrogens with one attached hydrogen (secondary N) is 2. The second kappa shape index (κ2) is 7.27. The van der Waals surface area contributed by atoms with E-state index in [2.05, 4.69) is 10.6 Å². The smallest absolute Gasteiger partial charge is 0.226 e. The van der Waals surface area contributed by atoms with Gasteiger partial charge < -0.3 is 10.6 Å². The van der Waals surface area contributed by atoms with Crippen LogP contribution in [-0.2, 0) is 4.79 Å². The number of aryl methyl sites for hydroxylation is 2. The van der Waals surface area contributed by atoms with Crippen molar-refractivity contribution in [3.63, 3.8) is 0 Å². The third-order valence-electron chi connectivity index (χ3n) is 3.23. The van der Waals surface area contributed by atoms with Gasteiger partial charge in [-0.15, -0.1) is 0 Å². The quantitative estimate of drug-likeness (QED) is 0.849. The van der Waals surface area contributed by atoms with E-state index in [0.29, 0.717) is 11.6 Å². The molecule has 0 saturated carbocycles. The van der Waals surface area contributed by atoms with Gasteiger partial charge in [0, 0.05) is 13.0 Å². The maximum absolute atomic E-state index is 13.4. The Labute approximate surface area is 134 Å². The van der Waals surface area contributed by atoms with Gasteiger partial charge in [0.25, 0.3) is 0 Å². The first-order valence-corrected chi connectivity index (χ1v) is 7.40. The summed E-state index contributed by atoms with van der Waals surface area (Å²) in [5, 5.41) is 6.33. The average Bonchev–Trinajstić information content (AvgIpc) is 2.44. The lowest BCUT2D eigenvalue weighted by Gasteiger charge is -2.12. The maximum atomic E-state index is 13.4. The van der Waals surface area contributed by atoms with Crippen molar-refractivity contribution in [2.45, 2.75) is 20.3 Å². The van der Waals surface area contributed by atoms with E-state index in [1.54, 1.807) is 12.1 Å². The highest BCUT2D eigenvalue weighted by molar-refractivity contribution is 6.33. The van der Waals surface area contributed by atoms with Gasteiger partial charge >= 0.3 is 0 Å². The third kappa shape index (κ3) is 4.21. The van der Waals surface area contributed by atoms with E-state index in [9.17, 15) is 9.18 Å². The molecule has 2 aromatic rings. The lowest BCUT2D eigenvalue weighted by Crippen LogP contribution is -2.17. The van der Waals surface area contributed by atoms with Gasteiger partial charge in [0.2, 0.25) is 5.91 Å². The summed E-state index contributed by atoms with van der Waals surface area (Å²) in [7, 11) is 0. The molecule has 0 bridgehead atoms. The molecule has 0 aliphatic heterocycles. The lowest BCUT2D eigenvalue weighted by atomic mass is 10.1. The number of halogens is 2. The van der Waals surface area contributed by atoms with Crippen LogP contribution >= 0.6 is 11.6 Å². The van der Waals surface area contributed by atoms with Crippen LogP contribution in [0.1, 0.15) is 17.5 Å². The SMILES string of the molecule is Cc1cc(C)c(NCCC(=O)Nc2ccccc2F)c(Cl)c1. The molecule has 0 unspecified atom stereocenters. The lowest BCUT2D eigenvalue weighted by molar-refractivity contribution is -0.116. The van der Waals surface area contributed by atoms with Crippen molar-refractivity contribution in [1.82, 2.24) is 0 Å². The Kier molecular flexibility index (Phi) is 5.39. The Bertz CT molecular complexity index is 665. The number of anilines is 2. The van der Waals surface area contributed by atoms with Gasteiger partial charge in [0.05, 0.1) is 16.4 Å². The second-order valence-electron chi connectivity index (χ2n) is 5.14. The molecule has 0 saturated heterocycles. The highest BCUT2D eigenvalue weighted by Gasteiger charge is 2.08. The average molecular weight is 321 g/mol. The van der Waals surface area contributed by atoms with Gasteiger partial charge in [-0.05, 0) is 43.2 Å². The summed E-state index contributed by atoms with van der Waals surface area (Å²) < 4.78 is 13.4. The minimum atomic E-state index is -0.443. The van der Waals surface area contributed by atoms with E-state index in [0.717, 1.165) is 16.8 Å². The number of carbonyl (C=O) groups excluding carboxylic acids is 1. The molecule has 0 aliphatic carbocycles. The fraction of sp³-hybridized carbons (Fsp3) is 0.235. The van der Waals surface area contributed by atoms with Gasteiger partial charge in [0.15, 0.2) is 0 Å². The van der Waals surface area contributed by atoms with Crippen LogP contribution in [-0.4, -0.2) is 12.5 Å². The number of benzene rings is 2. The summed E-state index contributed by atoms with van der Waals surface area (Å²) in [4.78, 5) is 11.8. The molecule has 22 heavy (non-hydrogen) atoms. The Hall–Kier alpha value is -2.07. The van der Waals surface area contributed by atoms with Crippen molar-refractivity contribution in [3.05, 3.63) is 58.4 Å². The van der Waals surface area contributed by atoms with Crippen molar-refractivity contribution in [2.75, 3.05) is 17.2 Å². The zero-order valence-electron chi connectivity index (χ0n) is 12.5. The maximum Gasteiger partial charge on any atom is 0.226 e. The molecular formula is C17H18ClFN2O. The molecule has 0 radical (unpaired) electrons. The van der Waals surface area contributed by atoms with Crippen LogP contribution in [0.4, 0.5) is 15.8 Å². The first kappa shape index (κ1) is 16.3. The van der Waals surface area contributed by atoms with Crippen molar-refractivity contribution in [2.24, 2.45) is 0 Å². The van der Waals surface area contributed by atoms with E-state index >= 15 is 0 Å². The highest BCUT2D eigenvalue weighted by atomic mass is 35.5. The van der Waals surface area contributed by atoms with Gasteiger partial charge in [0.1, 0.15) is 5.82 Å². The highest BCUT2D eigenvalue weighted by Crippen LogP contribution is 2.27. The second-order valence-corrected chi connectivity index (χ2v) is 5.55. The number of amides is 1. The first-order chi connectivity index (χ1) is 10.5. The monoisotopic (exact) mass is 320 g/mol. The molecule has 5 heteroatoms. The van der Waals surface area contributed by atoms with Gasteiger partial charge in [-0.25, -0.2) is 4.39 Å². The largest absolute Gasteiger partial charge is 0.383 e. The summed E-state index contributed by atoms with van der Waals surface area (Å²) in [5.41, 5.74) is 3.13. The van der Waals surface area contributed by atoms with E-state index in [1.165, 1.54) is 12.1 Å². The standard InChI is InChI=1S/C17H18ClFN2O/c1-11-9-12(2)17(13(18)10-11)20-8-7-16(22)21-15-6-4-3-5-14(15)19/h3-6,9-10,20H,7-8H2,1-2H3,(H,21,22). The summed E-state index contributed by atoms with van der Waals surface area (Å²) in [5.74, 6) is -0.695. The van der Waals surface area contributed by atoms with Crippen molar-refractivity contribution in [3.8, 4) is 0 Å². The van der Waals surface area contributed by atoms with Gasteiger partial charge in [-0.1, -0.05) is 29.8 Å². The van der Waals surface area contributed by atoms with Crippen molar-refractivity contribution < 1.29 is 9.18 Å². The van der Waals surface area contributed by atoms with Crippen LogP contribution in [0, 0.1) is 19.7 Å². The van der Waals surface area contributed by atoms with Crippen LogP contribution < -0.4 is 10.6 Å². The van der Waals surface area contributed by atoms with E-state index in [-0.39, 0.29) is 18.0 Å². The Morgan fingerprint density at radius 1 is 1.23 bits per heavy atom. The predicted octanol–water partition coefficient (Wildman–Crippen LogP) is 4.54. The zero-order chi connectivity index (χ0) is 16.1. The summed E-state index contributed by atoms with van der Waals surface area (Å²) in [6.45, 7) is 4.36. The molecule has 0 aliphatic rings. The van der Waals surface area contributed by atoms with Gasteiger partial charge in [-0.2, -0.15) is 0 Å². The zero-order valence-corrected chi connectivity index (χ0v) is 13.3. The van der Waals surface area contributed by atoms with Gasteiger partial charge in [-0.3, -0.25) is 4.79 Å². The predicted molar refractivity (Wildman–Crippen MR) is 89.1 cm³/mol. The normalized spacial score (nSPS) is 10.4. The molecule has 116 valence electrons. The molecule has 0 spiro atoms. The number of hydrogen-bond donors (Lipinski definition) is 2. The topological polar surface area (TPSA) is 41.1 Å². The summed E-state index contributed by atoms with van der Waals surface area (Å²) in [6, 6.07) is 9.98. The number of para-hydroxylation sites is 1. The summed E-state index contributed by atoms with van der Waals surface area (Å²) >= 11 is 6.19.